The zero-order chi connectivity index (χ0) is 19.0. The SMILES string of the molecule is COc1ccccc1NC(=O)C1=C(C)Nc2ncnn2[C@H]1c1cccn1C. The molecule has 2 aromatic heterocycles. The molecule has 0 spiro atoms. The van der Waals surface area contributed by atoms with Crippen LogP contribution >= 0.6 is 0 Å². The van der Waals surface area contributed by atoms with Crippen LogP contribution in [-0.2, 0) is 11.8 Å². The summed E-state index contributed by atoms with van der Waals surface area (Å²) in [5.41, 5.74) is 2.85. The zero-order valence-corrected chi connectivity index (χ0v) is 15.3. The largest absolute Gasteiger partial charge is 0.495 e. The van der Waals surface area contributed by atoms with Crippen molar-refractivity contribution in [3.8, 4) is 5.75 Å². The molecule has 1 atom stereocenters. The van der Waals surface area contributed by atoms with E-state index in [9.17, 15) is 4.79 Å². The van der Waals surface area contributed by atoms with Crippen LogP contribution < -0.4 is 15.4 Å². The third-order valence-corrected chi connectivity index (χ3v) is 4.66. The molecule has 8 nitrogen and oxygen atoms in total. The van der Waals surface area contributed by atoms with Gasteiger partial charge in [0.05, 0.1) is 18.4 Å². The van der Waals surface area contributed by atoms with Gasteiger partial charge in [-0.25, -0.2) is 4.68 Å². The van der Waals surface area contributed by atoms with Gasteiger partial charge in [0.15, 0.2) is 0 Å². The lowest BCUT2D eigenvalue weighted by molar-refractivity contribution is -0.113. The summed E-state index contributed by atoms with van der Waals surface area (Å²) in [7, 11) is 3.52. The van der Waals surface area contributed by atoms with Gasteiger partial charge in [0, 0.05) is 24.6 Å². The monoisotopic (exact) mass is 364 g/mol. The van der Waals surface area contributed by atoms with Crippen LogP contribution in [0.1, 0.15) is 18.7 Å². The van der Waals surface area contributed by atoms with Gasteiger partial charge in [-0.3, -0.25) is 4.79 Å². The van der Waals surface area contributed by atoms with Gasteiger partial charge in [0.25, 0.3) is 5.91 Å². The van der Waals surface area contributed by atoms with Gasteiger partial charge in [-0.15, -0.1) is 0 Å². The number of anilines is 2. The first-order valence-corrected chi connectivity index (χ1v) is 8.53. The lowest BCUT2D eigenvalue weighted by Crippen LogP contribution is -2.32. The minimum atomic E-state index is -0.390. The molecule has 8 heteroatoms. The Morgan fingerprint density at radius 3 is 2.81 bits per heavy atom. The number of carbonyl (C=O) groups excluding carboxylic acids is 1. The van der Waals surface area contributed by atoms with E-state index in [1.807, 2.05) is 49.0 Å². The van der Waals surface area contributed by atoms with Crippen molar-refractivity contribution >= 4 is 17.5 Å². The molecule has 2 N–H and O–H groups in total. The molecule has 1 amide bonds. The summed E-state index contributed by atoms with van der Waals surface area (Å²) < 4.78 is 9.04. The van der Waals surface area contributed by atoms with Crippen molar-refractivity contribution in [1.82, 2.24) is 19.3 Å². The maximum Gasteiger partial charge on any atom is 0.256 e. The number of nitrogens with one attached hydrogen (secondary N) is 2. The number of rotatable bonds is 4. The van der Waals surface area contributed by atoms with E-state index in [2.05, 4.69) is 20.7 Å². The summed E-state index contributed by atoms with van der Waals surface area (Å²) in [4.78, 5) is 17.5. The Hall–Kier alpha value is -3.55. The van der Waals surface area contributed by atoms with E-state index < -0.39 is 6.04 Å². The van der Waals surface area contributed by atoms with Crippen molar-refractivity contribution in [2.75, 3.05) is 17.7 Å². The van der Waals surface area contributed by atoms with Crippen molar-refractivity contribution in [2.45, 2.75) is 13.0 Å². The number of amides is 1. The lowest BCUT2D eigenvalue weighted by atomic mass is 9.99. The second kappa shape index (κ2) is 6.64. The van der Waals surface area contributed by atoms with Gasteiger partial charge in [0.1, 0.15) is 18.1 Å². The number of ether oxygens (including phenoxy) is 1. The summed E-state index contributed by atoms with van der Waals surface area (Å²) in [6, 6.07) is 10.8. The van der Waals surface area contributed by atoms with Crippen LogP contribution in [0.2, 0.25) is 0 Å². The highest BCUT2D eigenvalue weighted by atomic mass is 16.5. The molecule has 0 radical (unpaired) electrons. The van der Waals surface area contributed by atoms with Crippen molar-refractivity contribution in [3.63, 3.8) is 0 Å². The Balaban J connectivity index is 1.77. The van der Waals surface area contributed by atoms with Gasteiger partial charge < -0.3 is 19.9 Å². The van der Waals surface area contributed by atoms with Gasteiger partial charge in [0.2, 0.25) is 5.95 Å². The van der Waals surface area contributed by atoms with Gasteiger partial charge >= 0.3 is 0 Å². The minimum absolute atomic E-state index is 0.225. The third kappa shape index (κ3) is 2.84. The van der Waals surface area contributed by atoms with Crippen LogP contribution in [0, 0.1) is 0 Å². The molecule has 0 aliphatic carbocycles. The van der Waals surface area contributed by atoms with Crippen LogP contribution in [0.25, 0.3) is 0 Å². The smallest absolute Gasteiger partial charge is 0.256 e. The van der Waals surface area contributed by atoms with Crippen LogP contribution in [0.3, 0.4) is 0 Å². The fourth-order valence-electron chi connectivity index (χ4n) is 3.35. The number of hydrogen-bond acceptors (Lipinski definition) is 5. The summed E-state index contributed by atoms with van der Waals surface area (Å²) in [5.74, 6) is 0.981. The van der Waals surface area contributed by atoms with Crippen molar-refractivity contribution < 1.29 is 9.53 Å². The highest BCUT2D eigenvalue weighted by Crippen LogP contribution is 2.35. The fraction of sp³-hybridized carbons (Fsp3) is 0.211. The number of hydrogen-bond donors (Lipinski definition) is 2. The molecule has 0 bridgehead atoms. The molecular weight excluding hydrogens is 344 g/mol. The number of carbonyl (C=O) groups is 1. The quantitative estimate of drug-likeness (QED) is 0.743. The predicted molar refractivity (Wildman–Crippen MR) is 102 cm³/mol. The Morgan fingerprint density at radius 2 is 2.07 bits per heavy atom. The minimum Gasteiger partial charge on any atom is -0.495 e. The number of methoxy groups -OCH3 is 1. The molecule has 1 aliphatic heterocycles. The van der Waals surface area contributed by atoms with Gasteiger partial charge in [-0.2, -0.15) is 10.1 Å². The van der Waals surface area contributed by atoms with Crippen LogP contribution in [-0.4, -0.2) is 32.3 Å². The number of aryl methyl sites for hydroxylation is 1. The first kappa shape index (κ1) is 16.9. The van der Waals surface area contributed by atoms with E-state index in [1.54, 1.807) is 23.9 Å². The van der Waals surface area contributed by atoms with E-state index in [0.29, 0.717) is 23.0 Å². The van der Waals surface area contributed by atoms with E-state index in [-0.39, 0.29) is 5.91 Å². The average Bonchev–Trinajstić information content (AvgIpc) is 3.29. The summed E-state index contributed by atoms with van der Waals surface area (Å²) in [5, 5.41) is 10.5. The zero-order valence-electron chi connectivity index (χ0n) is 15.3. The van der Waals surface area contributed by atoms with E-state index in [0.717, 1.165) is 11.4 Å². The maximum atomic E-state index is 13.3. The molecule has 27 heavy (non-hydrogen) atoms. The highest BCUT2D eigenvalue weighted by Gasteiger charge is 2.34. The Bertz CT molecular complexity index is 1030. The molecule has 3 aromatic rings. The number of para-hydroxylation sites is 2. The molecule has 1 aromatic carbocycles. The molecule has 1 aliphatic rings. The first-order valence-electron chi connectivity index (χ1n) is 8.53. The van der Waals surface area contributed by atoms with Crippen LogP contribution in [0.5, 0.6) is 5.75 Å². The first-order chi connectivity index (χ1) is 13.1. The Kier molecular flexibility index (Phi) is 4.15. The second-order valence-electron chi connectivity index (χ2n) is 6.29. The number of aromatic nitrogens is 4. The molecule has 3 heterocycles. The number of fused-ring (bicyclic) bond motifs is 1. The summed E-state index contributed by atoms with van der Waals surface area (Å²) in [6.45, 7) is 1.87. The molecule has 0 saturated carbocycles. The fourth-order valence-corrected chi connectivity index (χ4v) is 3.35. The average molecular weight is 364 g/mol. The molecular formula is C19H20N6O2. The van der Waals surface area contributed by atoms with Gasteiger partial charge in [-0.05, 0) is 31.2 Å². The molecule has 0 unspecified atom stereocenters. The standard InChI is InChI=1S/C19H20N6O2/c1-12-16(18(26)23-13-7-4-5-9-15(13)27-3)17(14-8-6-10-24(14)2)25-19(22-12)20-11-21-25/h4-11,17H,1-3H3,(H,23,26)(H,20,21,22)/t17-/m0/s1. The molecule has 4 rings (SSSR count). The molecule has 0 fully saturated rings. The predicted octanol–water partition coefficient (Wildman–Crippen LogP) is 2.55. The second-order valence-corrected chi connectivity index (χ2v) is 6.29. The summed E-state index contributed by atoms with van der Waals surface area (Å²) >= 11 is 0. The molecule has 138 valence electrons. The van der Waals surface area contributed by atoms with Crippen molar-refractivity contribution in [2.24, 2.45) is 7.05 Å². The van der Waals surface area contributed by atoms with E-state index >= 15 is 0 Å². The normalized spacial score (nSPS) is 15.9. The van der Waals surface area contributed by atoms with Gasteiger partial charge in [-0.1, -0.05) is 12.1 Å². The van der Waals surface area contributed by atoms with Crippen LogP contribution in [0.15, 0.2) is 60.2 Å². The van der Waals surface area contributed by atoms with Crippen molar-refractivity contribution in [3.05, 3.63) is 65.9 Å². The Morgan fingerprint density at radius 1 is 1.26 bits per heavy atom. The molecule has 0 saturated heterocycles. The maximum absolute atomic E-state index is 13.3. The third-order valence-electron chi connectivity index (χ3n) is 4.66. The highest BCUT2D eigenvalue weighted by molar-refractivity contribution is 6.06. The number of nitrogens with zero attached hydrogens (tertiary/aromatic N) is 4. The lowest BCUT2D eigenvalue weighted by Gasteiger charge is -2.29. The van der Waals surface area contributed by atoms with Crippen LogP contribution in [0.4, 0.5) is 11.6 Å². The number of benzene rings is 1. The Labute approximate surface area is 156 Å². The van der Waals surface area contributed by atoms with Crippen molar-refractivity contribution in [1.29, 1.82) is 0 Å². The van der Waals surface area contributed by atoms with E-state index in [4.69, 9.17) is 4.74 Å². The summed E-state index contributed by atoms with van der Waals surface area (Å²) in [6.07, 6.45) is 3.42. The van der Waals surface area contributed by atoms with E-state index in [1.165, 1.54) is 6.33 Å². The number of allylic oxidation sites excluding steroid dienone is 1. The topological polar surface area (TPSA) is 86.0 Å².